The molecule has 2 aromatic carbocycles. The zero-order valence-electron chi connectivity index (χ0n) is 11.6. The molecule has 0 aliphatic rings. The number of aliphatic hydroxyl groups is 1. The van der Waals surface area contributed by atoms with E-state index in [4.69, 9.17) is 16.7 Å². The maximum Gasteiger partial charge on any atom is 0.207 e. The highest BCUT2D eigenvalue weighted by Gasteiger charge is 2.10. The molecular formula is C15H14ClN5O. The van der Waals surface area contributed by atoms with Crippen LogP contribution in [0.15, 0.2) is 48.5 Å². The van der Waals surface area contributed by atoms with Gasteiger partial charge in [-0.15, -0.1) is 10.2 Å². The van der Waals surface area contributed by atoms with Crippen LogP contribution < -0.4 is 5.32 Å². The fourth-order valence-electron chi connectivity index (χ4n) is 2.01. The van der Waals surface area contributed by atoms with Crippen molar-refractivity contribution in [2.75, 3.05) is 11.9 Å². The molecule has 0 aliphatic heterocycles. The minimum Gasteiger partial charge on any atom is -0.394 e. The third-order valence-corrected chi connectivity index (χ3v) is 3.30. The Bertz CT molecular complexity index is 757. The lowest BCUT2D eigenvalue weighted by Gasteiger charge is -2.09. The summed E-state index contributed by atoms with van der Waals surface area (Å²) in [4.78, 5) is 1.37. The highest BCUT2D eigenvalue weighted by molar-refractivity contribution is 6.30. The molecule has 3 aromatic rings. The van der Waals surface area contributed by atoms with Crippen molar-refractivity contribution in [3.8, 4) is 11.4 Å². The molecule has 3 rings (SSSR count). The Balaban J connectivity index is 1.90. The van der Waals surface area contributed by atoms with Crippen molar-refractivity contribution in [2.24, 2.45) is 0 Å². The first-order chi connectivity index (χ1) is 10.8. The molecule has 0 radical (unpaired) electrons. The molecule has 0 atom stereocenters. The number of nitrogens with one attached hydrogen (secondary N) is 1. The highest BCUT2D eigenvalue weighted by Crippen LogP contribution is 2.27. The topological polar surface area (TPSA) is 75.9 Å². The first kappa shape index (κ1) is 14.5. The third-order valence-electron chi connectivity index (χ3n) is 3.04. The number of benzene rings is 2. The van der Waals surface area contributed by atoms with E-state index in [9.17, 15) is 0 Å². The number of para-hydroxylation sites is 1. The normalized spacial score (nSPS) is 10.6. The monoisotopic (exact) mass is 315 g/mol. The Morgan fingerprint density at radius 1 is 1.09 bits per heavy atom. The van der Waals surface area contributed by atoms with Crippen LogP contribution >= 0.6 is 11.6 Å². The molecule has 0 saturated carbocycles. The fourth-order valence-corrected chi connectivity index (χ4v) is 2.14. The first-order valence-corrected chi connectivity index (χ1v) is 7.15. The van der Waals surface area contributed by atoms with E-state index in [1.54, 1.807) is 0 Å². The lowest BCUT2D eigenvalue weighted by Crippen LogP contribution is -2.05. The minimum absolute atomic E-state index is 0.0273. The standard InChI is InChI=1S/C15H14ClN5O/c16-11-5-7-12(8-6-11)17-14-4-2-1-3-13(14)15-18-20-21(19-15)9-10-22/h1-8,17,22H,9-10H2. The van der Waals surface area contributed by atoms with Gasteiger partial charge >= 0.3 is 0 Å². The molecule has 6 nitrogen and oxygen atoms in total. The zero-order valence-corrected chi connectivity index (χ0v) is 12.4. The van der Waals surface area contributed by atoms with E-state index >= 15 is 0 Å². The van der Waals surface area contributed by atoms with Gasteiger partial charge in [-0.2, -0.15) is 4.80 Å². The van der Waals surface area contributed by atoms with Crippen LogP contribution in [-0.2, 0) is 6.54 Å². The van der Waals surface area contributed by atoms with Gasteiger partial charge in [0.1, 0.15) is 0 Å². The minimum atomic E-state index is -0.0273. The molecule has 0 unspecified atom stereocenters. The number of anilines is 2. The molecule has 0 fully saturated rings. The SMILES string of the molecule is OCCn1nnc(-c2ccccc2Nc2ccc(Cl)cc2)n1. The number of aliphatic hydroxyl groups excluding tert-OH is 1. The van der Waals surface area contributed by atoms with Crippen molar-refractivity contribution in [3.63, 3.8) is 0 Å². The summed E-state index contributed by atoms with van der Waals surface area (Å²) in [5.74, 6) is 0.505. The van der Waals surface area contributed by atoms with Gasteiger partial charge in [0.05, 0.1) is 13.2 Å². The number of aromatic nitrogens is 4. The lowest BCUT2D eigenvalue weighted by atomic mass is 10.1. The van der Waals surface area contributed by atoms with Gasteiger partial charge in [-0.1, -0.05) is 23.7 Å². The fraction of sp³-hybridized carbons (Fsp3) is 0.133. The maximum atomic E-state index is 8.92. The Kier molecular flexibility index (Phi) is 4.32. The van der Waals surface area contributed by atoms with Crippen LogP contribution in [-0.4, -0.2) is 31.9 Å². The van der Waals surface area contributed by atoms with Crippen molar-refractivity contribution in [3.05, 3.63) is 53.6 Å². The second kappa shape index (κ2) is 6.55. The van der Waals surface area contributed by atoms with Gasteiger partial charge in [-0.05, 0) is 41.6 Å². The lowest BCUT2D eigenvalue weighted by molar-refractivity contribution is 0.259. The molecule has 22 heavy (non-hydrogen) atoms. The average molecular weight is 316 g/mol. The molecule has 0 saturated heterocycles. The van der Waals surface area contributed by atoms with Crippen LogP contribution in [0.25, 0.3) is 11.4 Å². The zero-order chi connectivity index (χ0) is 15.4. The Hall–Kier alpha value is -2.44. The molecule has 0 amide bonds. The summed E-state index contributed by atoms with van der Waals surface area (Å²) in [6, 6.07) is 15.1. The molecule has 1 heterocycles. The van der Waals surface area contributed by atoms with Gasteiger partial charge in [0.15, 0.2) is 0 Å². The van der Waals surface area contributed by atoms with Crippen LogP contribution in [0, 0.1) is 0 Å². The summed E-state index contributed by atoms with van der Waals surface area (Å²) in [7, 11) is 0. The van der Waals surface area contributed by atoms with Crippen molar-refractivity contribution in [1.82, 2.24) is 20.2 Å². The quantitative estimate of drug-likeness (QED) is 0.757. The smallest absolute Gasteiger partial charge is 0.207 e. The van der Waals surface area contributed by atoms with E-state index in [0.717, 1.165) is 16.9 Å². The van der Waals surface area contributed by atoms with Crippen LogP contribution in [0.3, 0.4) is 0 Å². The molecule has 0 bridgehead atoms. The number of hydrogen-bond donors (Lipinski definition) is 2. The number of nitrogens with zero attached hydrogens (tertiary/aromatic N) is 4. The molecule has 7 heteroatoms. The molecule has 1 aromatic heterocycles. The molecule has 0 aliphatic carbocycles. The van der Waals surface area contributed by atoms with Gasteiger partial charge in [0, 0.05) is 22.0 Å². The summed E-state index contributed by atoms with van der Waals surface area (Å²) in [5.41, 5.74) is 2.62. The van der Waals surface area contributed by atoms with E-state index in [0.29, 0.717) is 17.4 Å². The average Bonchev–Trinajstić information content (AvgIpc) is 2.99. The van der Waals surface area contributed by atoms with Crippen molar-refractivity contribution in [1.29, 1.82) is 0 Å². The second-order valence-corrected chi connectivity index (χ2v) is 5.05. The van der Waals surface area contributed by atoms with E-state index in [-0.39, 0.29) is 6.61 Å². The van der Waals surface area contributed by atoms with Crippen LogP contribution in [0.5, 0.6) is 0 Å². The third kappa shape index (κ3) is 3.24. The molecular weight excluding hydrogens is 302 g/mol. The summed E-state index contributed by atoms with van der Waals surface area (Å²) in [6.45, 7) is 0.292. The Labute approximate surface area is 132 Å². The predicted molar refractivity (Wildman–Crippen MR) is 85.1 cm³/mol. The van der Waals surface area contributed by atoms with Crippen LogP contribution in [0.4, 0.5) is 11.4 Å². The number of hydrogen-bond acceptors (Lipinski definition) is 5. The van der Waals surface area contributed by atoms with Gasteiger partial charge in [0.25, 0.3) is 0 Å². The molecule has 112 valence electrons. The summed E-state index contributed by atoms with van der Waals surface area (Å²) in [5, 5.41) is 25.1. The van der Waals surface area contributed by atoms with Gasteiger partial charge in [0.2, 0.25) is 5.82 Å². The Morgan fingerprint density at radius 2 is 1.86 bits per heavy atom. The maximum absolute atomic E-state index is 8.92. The molecule has 0 spiro atoms. The van der Waals surface area contributed by atoms with Gasteiger partial charge < -0.3 is 10.4 Å². The van der Waals surface area contributed by atoms with Gasteiger partial charge in [-0.25, -0.2) is 0 Å². The van der Waals surface area contributed by atoms with E-state index in [1.165, 1.54) is 4.80 Å². The largest absolute Gasteiger partial charge is 0.394 e. The van der Waals surface area contributed by atoms with Crippen LogP contribution in [0.1, 0.15) is 0 Å². The van der Waals surface area contributed by atoms with Gasteiger partial charge in [-0.3, -0.25) is 0 Å². The van der Waals surface area contributed by atoms with Crippen molar-refractivity contribution < 1.29 is 5.11 Å². The summed E-state index contributed by atoms with van der Waals surface area (Å²) >= 11 is 5.90. The highest BCUT2D eigenvalue weighted by atomic mass is 35.5. The Morgan fingerprint density at radius 3 is 2.64 bits per heavy atom. The number of rotatable bonds is 5. The molecule has 2 N–H and O–H groups in total. The van der Waals surface area contributed by atoms with Crippen molar-refractivity contribution in [2.45, 2.75) is 6.54 Å². The van der Waals surface area contributed by atoms with E-state index in [1.807, 2.05) is 48.5 Å². The predicted octanol–water partition coefficient (Wildman–Crippen LogP) is 2.73. The van der Waals surface area contributed by atoms with Crippen molar-refractivity contribution >= 4 is 23.0 Å². The first-order valence-electron chi connectivity index (χ1n) is 6.77. The second-order valence-electron chi connectivity index (χ2n) is 4.61. The van der Waals surface area contributed by atoms with Crippen LogP contribution in [0.2, 0.25) is 5.02 Å². The number of tetrazole rings is 1. The summed E-state index contributed by atoms with van der Waals surface area (Å²) < 4.78 is 0. The summed E-state index contributed by atoms with van der Waals surface area (Å²) in [6.07, 6.45) is 0. The van der Waals surface area contributed by atoms with E-state index in [2.05, 4.69) is 20.7 Å². The van der Waals surface area contributed by atoms with E-state index < -0.39 is 0 Å². The number of halogens is 1.